The van der Waals surface area contributed by atoms with Crippen LogP contribution in [0.4, 0.5) is 0 Å². The van der Waals surface area contributed by atoms with Crippen LogP contribution >= 0.6 is 0 Å². The molecule has 0 bridgehead atoms. The highest BCUT2D eigenvalue weighted by molar-refractivity contribution is 5.72. The minimum Gasteiger partial charge on any atom is -0.462 e. The Kier molecular flexibility index (Phi) is 8.72. The maximum absolute atomic E-state index is 12.7. The molecular weight excluding hydrogens is 344 g/mol. The van der Waals surface area contributed by atoms with E-state index in [0.717, 1.165) is 55.3 Å². The van der Waals surface area contributed by atoms with Gasteiger partial charge in [0.25, 0.3) is 0 Å². The van der Waals surface area contributed by atoms with E-state index in [1.165, 1.54) is 70.6 Å². The Morgan fingerprint density at radius 3 is 2.14 bits per heavy atom. The van der Waals surface area contributed by atoms with Gasteiger partial charge in [-0.05, 0) is 93.8 Å². The molecule has 0 aromatic heterocycles. The fourth-order valence-electron chi connectivity index (χ4n) is 6.69. The van der Waals surface area contributed by atoms with E-state index in [9.17, 15) is 4.79 Å². The molecule has 162 valence electrons. The van der Waals surface area contributed by atoms with E-state index in [2.05, 4.69) is 20.8 Å². The van der Waals surface area contributed by atoms with Crippen LogP contribution in [0.25, 0.3) is 0 Å². The lowest BCUT2D eigenvalue weighted by atomic mass is 9.64. The van der Waals surface area contributed by atoms with Gasteiger partial charge in [-0.2, -0.15) is 0 Å². The van der Waals surface area contributed by atoms with Gasteiger partial charge in [-0.25, -0.2) is 0 Å². The zero-order valence-electron chi connectivity index (χ0n) is 19.0. The van der Waals surface area contributed by atoms with E-state index >= 15 is 0 Å². The lowest BCUT2D eigenvalue weighted by Crippen LogP contribution is -2.34. The number of rotatable bonds is 7. The van der Waals surface area contributed by atoms with Gasteiger partial charge in [-0.3, -0.25) is 4.79 Å². The summed E-state index contributed by atoms with van der Waals surface area (Å²) in [5, 5.41) is 0. The number of ether oxygens (including phenoxy) is 1. The summed E-state index contributed by atoms with van der Waals surface area (Å²) < 4.78 is 5.94. The van der Waals surface area contributed by atoms with Crippen LogP contribution < -0.4 is 0 Å². The molecule has 2 nitrogen and oxygen atoms in total. The average Bonchev–Trinajstić information content (AvgIpc) is 2.73. The molecule has 0 N–H and O–H groups in total. The van der Waals surface area contributed by atoms with Gasteiger partial charge in [0, 0.05) is 0 Å². The summed E-state index contributed by atoms with van der Waals surface area (Å²) >= 11 is 0. The van der Waals surface area contributed by atoms with Gasteiger partial charge in [0.2, 0.25) is 0 Å². The molecule has 28 heavy (non-hydrogen) atoms. The fraction of sp³-hybridized carbons (Fsp3) is 0.962. The van der Waals surface area contributed by atoms with Crippen molar-refractivity contribution in [1.29, 1.82) is 0 Å². The Bertz CT molecular complexity index is 457. The van der Waals surface area contributed by atoms with Crippen molar-refractivity contribution in [2.45, 2.75) is 123 Å². The molecule has 0 saturated heterocycles. The van der Waals surface area contributed by atoms with Gasteiger partial charge in [-0.1, -0.05) is 52.9 Å². The summed E-state index contributed by atoms with van der Waals surface area (Å²) in [6.45, 7) is 7.11. The molecule has 0 aromatic rings. The van der Waals surface area contributed by atoms with Crippen LogP contribution in [0.5, 0.6) is 0 Å². The Hall–Kier alpha value is -0.530. The standard InChI is InChI=1S/C26H46O2/c1-4-6-7-21-10-17-25(19(3)18-21)22-11-13-23(14-12-22)26(27)28-24-15-8-20(5-2)9-16-24/h19-25H,4-18H2,1-3H3. The summed E-state index contributed by atoms with van der Waals surface area (Å²) in [4.78, 5) is 12.7. The van der Waals surface area contributed by atoms with Crippen molar-refractivity contribution in [1.82, 2.24) is 0 Å². The molecule has 0 aromatic carbocycles. The molecule has 3 unspecified atom stereocenters. The van der Waals surface area contributed by atoms with Crippen molar-refractivity contribution >= 4 is 5.97 Å². The minimum absolute atomic E-state index is 0.134. The molecule has 3 aliphatic rings. The lowest BCUT2D eigenvalue weighted by Gasteiger charge is -2.41. The highest BCUT2D eigenvalue weighted by Crippen LogP contribution is 2.45. The summed E-state index contributed by atoms with van der Waals surface area (Å²) in [7, 11) is 0. The number of unbranched alkanes of at least 4 members (excludes halogenated alkanes) is 1. The summed E-state index contributed by atoms with van der Waals surface area (Å²) in [5.74, 6) is 4.85. The van der Waals surface area contributed by atoms with E-state index in [-0.39, 0.29) is 18.0 Å². The average molecular weight is 391 g/mol. The topological polar surface area (TPSA) is 26.3 Å². The first-order valence-electron chi connectivity index (χ1n) is 12.8. The number of hydrogen-bond acceptors (Lipinski definition) is 2. The molecule has 3 atom stereocenters. The zero-order valence-corrected chi connectivity index (χ0v) is 19.0. The maximum Gasteiger partial charge on any atom is 0.309 e. The van der Waals surface area contributed by atoms with E-state index < -0.39 is 0 Å². The molecule has 0 aliphatic heterocycles. The van der Waals surface area contributed by atoms with E-state index in [1.54, 1.807) is 0 Å². The molecule has 3 aliphatic carbocycles. The lowest BCUT2D eigenvalue weighted by molar-refractivity contribution is -0.157. The third-order valence-corrected chi connectivity index (χ3v) is 8.67. The van der Waals surface area contributed by atoms with Gasteiger partial charge in [0.1, 0.15) is 6.10 Å². The molecule has 2 heteroatoms. The fourth-order valence-corrected chi connectivity index (χ4v) is 6.69. The van der Waals surface area contributed by atoms with Crippen LogP contribution in [0.3, 0.4) is 0 Å². The van der Waals surface area contributed by atoms with Crippen molar-refractivity contribution in [2.75, 3.05) is 0 Å². The Morgan fingerprint density at radius 2 is 1.54 bits per heavy atom. The number of carbonyl (C=O) groups is 1. The molecule has 0 radical (unpaired) electrons. The van der Waals surface area contributed by atoms with Gasteiger partial charge in [0.05, 0.1) is 5.92 Å². The molecule has 0 amide bonds. The molecule has 0 spiro atoms. The first-order chi connectivity index (χ1) is 13.6. The summed E-state index contributed by atoms with van der Waals surface area (Å²) in [6.07, 6.45) is 19.4. The second kappa shape index (κ2) is 11.0. The monoisotopic (exact) mass is 390 g/mol. The zero-order chi connectivity index (χ0) is 19.9. The van der Waals surface area contributed by atoms with E-state index in [0.29, 0.717) is 0 Å². The van der Waals surface area contributed by atoms with E-state index in [1.807, 2.05) is 0 Å². The van der Waals surface area contributed by atoms with Crippen LogP contribution in [0.15, 0.2) is 0 Å². The van der Waals surface area contributed by atoms with Crippen molar-refractivity contribution in [3.05, 3.63) is 0 Å². The van der Waals surface area contributed by atoms with Crippen LogP contribution in [0.2, 0.25) is 0 Å². The van der Waals surface area contributed by atoms with Crippen LogP contribution in [0, 0.1) is 35.5 Å². The summed E-state index contributed by atoms with van der Waals surface area (Å²) in [5.41, 5.74) is 0. The van der Waals surface area contributed by atoms with Crippen LogP contribution in [-0.4, -0.2) is 12.1 Å². The Morgan fingerprint density at radius 1 is 0.857 bits per heavy atom. The normalized spacial score (nSPS) is 39.5. The third kappa shape index (κ3) is 5.99. The molecule has 3 saturated carbocycles. The molecule has 3 rings (SSSR count). The van der Waals surface area contributed by atoms with Crippen molar-refractivity contribution in [3.63, 3.8) is 0 Å². The number of hydrogen-bond donors (Lipinski definition) is 0. The maximum atomic E-state index is 12.7. The SMILES string of the molecule is CCCCC1CCC(C2CCC(C(=O)OC3CCC(CC)CC3)CC2)C(C)C1. The van der Waals surface area contributed by atoms with Gasteiger partial charge in [-0.15, -0.1) is 0 Å². The number of esters is 1. The molecule has 3 fully saturated rings. The van der Waals surface area contributed by atoms with Crippen molar-refractivity contribution < 1.29 is 9.53 Å². The Balaban J connectivity index is 1.38. The number of carbonyl (C=O) groups excluding carboxylic acids is 1. The second-order valence-electron chi connectivity index (χ2n) is 10.6. The molecular formula is C26H46O2. The van der Waals surface area contributed by atoms with E-state index in [4.69, 9.17) is 4.74 Å². The minimum atomic E-state index is 0.134. The van der Waals surface area contributed by atoms with Crippen molar-refractivity contribution in [2.24, 2.45) is 35.5 Å². The van der Waals surface area contributed by atoms with Crippen molar-refractivity contribution in [3.8, 4) is 0 Å². The quantitative estimate of drug-likeness (QED) is 0.419. The van der Waals surface area contributed by atoms with Gasteiger partial charge in [0.15, 0.2) is 0 Å². The molecule has 0 heterocycles. The van der Waals surface area contributed by atoms with Gasteiger partial charge >= 0.3 is 5.97 Å². The summed E-state index contributed by atoms with van der Waals surface area (Å²) in [6, 6.07) is 0. The largest absolute Gasteiger partial charge is 0.462 e. The smallest absolute Gasteiger partial charge is 0.309 e. The predicted molar refractivity (Wildman–Crippen MR) is 117 cm³/mol. The second-order valence-corrected chi connectivity index (χ2v) is 10.6. The highest BCUT2D eigenvalue weighted by atomic mass is 16.5. The van der Waals surface area contributed by atoms with Crippen LogP contribution in [0.1, 0.15) is 117 Å². The third-order valence-electron chi connectivity index (χ3n) is 8.67. The van der Waals surface area contributed by atoms with Gasteiger partial charge < -0.3 is 4.74 Å². The first-order valence-corrected chi connectivity index (χ1v) is 12.8. The van der Waals surface area contributed by atoms with Crippen LogP contribution in [-0.2, 0) is 9.53 Å². The predicted octanol–water partition coefficient (Wildman–Crippen LogP) is 7.55. The Labute approximate surface area is 174 Å². The first kappa shape index (κ1) is 22.2. The highest BCUT2D eigenvalue weighted by Gasteiger charge is 2.37.